The minimum Gasteiger partial charge on any atom is -0.310 e. The smallest absolute Gasteiger partial charge is 0.0999 e. The maximum absolute atomic E-state index is 10.6. The minimum atomic E-state index is 0.207. The average molecular weight is 613 g/mol. The van der Waals surface area contributed by atoms with Crippen LogP contribution >= 0.6 is 0 Å². The van der Waals surface area contributed by atoms with Crippen molar-refractivity contribution in [3.05, 3.63) is 166 Å². The van der Waals surface area contributed by atoms with Crippen LogP contribution in [0.15, 0.2) is 121 Å². The highest BCUT2D eigenvalue weighted by atomic mass is 15.2. The highest BCUT2D eigenvalue weighted by molar-refractivity contribution is 5.93. The first-order valence-electron chi connectivity index (χ1n) is 15.5. The molecule has 2 heterocycles. The summed E-state index contributed by atoms with van der Waals surface area (Å²) in [6, 6.07) is 48.6. The molecule has 0 atom stereocenters. The van der Waals surface area contributed by atoms with Gasteiger partial charge >= 0.3 is 0 Å². The summed E-state index contributed by atoms with van der Waals surface area (Å²) in [6.45, 7) is 0. The quantitative estimate of drug-likeness (QED) is 0.197. The zero-order chi connectivity index (χ0) is 32.8. The molecule has 6 aromatic carbocycles. The number of para-hydroxylation sites is 4. The van der Waals surface area contributed by atoms with Gasteiger partial charge in [-0.25, -0.2) is 0 Å². The lowest BCUT2D eigenvalue weighted by Crippen LogP contribution is -2.19. The molecule has 6 aromatic rings. The van der Waals surface area contributed by atoms with Crippen LogP contribution in [0.3, 0.4) is 0 Å². The van der Waals surface area contributed by atoms with Crippen LogP contribution in [-0.2, 0) is 12.8 Å². The van der Waals surface area contributed by atoms with Gasteiger partial charge in [0.25, 0.3) is 0 Å². The second kappa shape index (κ2) is 11.3. The first-order chi connectivity index (χ1) is 23.6. The van der Waals surface area contributed by atoms with Crippen LogP contribution in [0.4, 0.5) is 34.1 Å². The van der Waals surface area contributed by atoms with Crippen LogP contribution < -0.4 is 9.80 Å². The van der Waals surface area contributed by atoms with Gasteiger partial charge in [0.15, 0.2) is 0 Å². The second-order valence-electron chi connectivity index (χ2n) is 11.8. The summed E-state index contributed by atoms with van der Waals surface area (Å²) >= 11 is 0. The fourth-order valence-electron chi connectivity index (χ4n) is 7.14. The summed E-state index contributed by atoms with van der Waals surface area (Å²) in [5.41, 5.74) is 11.1. The van der Waals surface area contributed by atoms with Crippen LogP contribution in [-0.4, -0.2) is 0 Å². The van der Waals surface area contributed by atoms with Crippen molar-refractivity contribution in [2.45, 2.75) is 12.8 Å². The molecule has 0 spiro atoms. The Morgan fingerprint density at radius 2 is 0.625 bits per heavy atom. The third kappa shape index (κ3) is 4.38. The highest BCUT2D eigenvalue weighted by Gasteiger charge is 2.29. The summed E-state index contributed by atoms with van der Waals surface area (Å²) in [7, 11) is 0. The Kier molecular flexibility index (Phi) is 6.71. The molecular formula is C42H24N6. The Hall–Kier alpha value is -7.12. The van der Waals surface area contributed by atoms with Crippen LogP contribution in [0.1, 0.15) is 44.5 Å². The van der Waals surface area contributed by atoms with Gasteiger partial charge in [-0.15, -0.1) is 0 Å². The van der Waals surface area contributed by atoms with E-state index in [1.54, 1.807) is 24.3 Å². The van der Waals surface area contributed by atoms with E-state index in [2.05, 4.69) is 58.3 Å². The molecule has 48 heavy (non-hydrogen) atoms. The Labute approximate surface area is 278 Å². The molecule has 0 saturated carbocycles. The molecule has 0 N–H and O–H groups in total. The molecule has 222 valence electrons. The third-order valence-corrected chi connectivity index (χ3v) is 9.19. The van der Waals surface area contributed by atoms with Gasteiger partial charge in [0, 0.05) is 58.1 Å². The number of nitrogens with zero attached hydrogens (tertiary/aromatic N) is 6. The zero-order valence-corrected chi connectivity index (χ0v) is 25.6. The van der Waals surface area contributed by atoms with Crippen LogP contribution in [0, 0.1) is 45.3 Å². The highest BCUT2D eigenvalue weighted by Crippen LogP contribution is 2.48. The van der Waals surface area contributed by atoms with Gasteiger partial charge in [0.05, 0.1) is 46.5 Å². The van der Waals surface area contributed by atoms with Crippen molar-refractivity contribution < 1.29 is 0 Å². The lowest BCUT2D eigenvalue weighted by molar-refractivity contribution is 1.09. The van der Waals surface area contributed by atoms with Gasteiger partial charge in [-0.1, -0.05) is 72.8 Å². The standard InChI is InChI=1S/C42H24N6/c43-23-31-19-35(47-37-13-5-1-9-27(37)17-28-10-2-6-14-38(28)47)20-32(24-44)41(31)42-33(25-45)21-36(22-34(42)26-46)48-39-15-7-3-11-29(39)18-30-12-4-8-16-40(30)48/h1-16,19-22H,17-18H2. The summed E-state index contributed by atoms with van der Waals surface area (Å²) in [5, 5.41) is 42.3. The van der Waals surface area contributed by atoms with E-state index in [9.17, 15) is 21.0 Å². The molecule has 0 amide bonds. The molecule has 0 aliphatic carbocycles. The second-order valence-corrected chi connectivity index (χ2v) is 11.8. The molecule has 0 fully saturated rings. The van der Waals surface area contributed by atoms with E-state index in [0.29, 0.717) is 11.4 Å². The SMILES string of the molecule is N#Cc1cc(N2c3ccccc3Cc3ccccc32)cc(C#N)c1-c1c(C#N)cc(N2c3ccccc3Cc3ccccc32)cc1C#N. The van der Waals surface area contributed by atoms with Gasteiger partial charge in [0.1, 0.15) is 0 Å². The number of rotatable bonds is 3. The Morgan fingerprint density at radius 3 is 0.875 bits per heavy atom. The molecule has 2 aliphatic rings. The molecule has 8 rings (SSSR count). The van der Waals surface area contributed by atoms with Crippen molar-refractivity contribution >= 4 is 34.1 Å². The van der Waals surface area contributed by atoms with Crippen molar-refractivity contribution in [3.8, 4) is 35.4 Å². The summed E-state index contributed by atoms with van der Waals surface area (Å²) in [6.07, 6.45) is 1.54. The Bertz CT molecular complexity index is 2150. The largest absolute Gasteiger partial charge is 0.310 e. The van der Waals surface area contributed by atoms with E-state index in [-0.39, 0.29) is 33.4 Å². The van der Waals surface area contributed by atoms with Gasteiger partial charge in [0.2, 0.25) is 0 Å². The summed E-state index contributed by atoms with van der Waals surface area (Å²) in [4.78, 5) is 4.15. The van der Waals surface area contributed by atoms with Crippen LogP contribution in [0.25, 0.3) is 11.1 Å². The third-order valence-electron chi connectivity index (χ3n) is 9.19. The monoisotopic (exact) mass is 612 g/mol. The number of hydrogen-bond donors (Lipinski definition) is 0. The van der Waals surface area contributed by atoms with E-state index in [1.807, 2.05) is 72.8 Å². The van der Waals surface area contributed by atoms with Crippen molar-refractivity contribution in [2.75, 3.05) is 9.80 Å². The first-order valence-corrected chi connectivity index (χ1v) is 15.5. The van der Waals surface area contributed by atoms with E-state index in [4.69, 9.17) is 0 Å². The van der Waals surface area contributed by atoms with E-state index < -0.39 is 0 Å². The van der Waals surface area contributed by atoms with E-state index >= 15 is 0 Å². The lowest BCUT2D eigenvalue weighted by Gasteiger charge is -2.34. The molecule has 2 aliphatic heterocycles. The molecule has 0 aromatic heterocycles. The summed E-state index contributed by atoms with van der Waals surface area (Å²) < 4.78 is 0. The van der Waals surface area contributed by atoms with Crippen LogP contribution in [0.5, 0.6) is 0 Å². The molecule has 0 radical (unpaired) electrons. The zero-order valence-electron chi connectivity index (χ0n) is 25.6. The van der Waals surface area contributed by atoms with E-state index in [1.165, 1.54) is 0 Å². The van der Waals surface area contributed by atoms with Crippen LogP contribution in [0.2, 0.25) is 0 Å². The van der Waals surface area contributed by atoms with Gasteiger partial charge < -0.3 is 9.80 Å². The minimum absolute atomic E-state index is 0.207. The maximum atomic E-state index is 10.6. The number of benzene rings is 6. The number of nitriles is 4. The normalized spacial score (nSPS) is 12.2. The van der Waals surface area contributed by atoms with Crippen molar-refractivity contribution in [3.63, 3.8) is 0 Å². The molecule has 0 saturated heterocycles. The first kappa shape index (κ1) is 28.4. The Balaban J connectivity index is 1.33. The topological polar surface area (TPSA) is 102 Å². The van der Waals surface area contributed by atoms with Gasteiger partial charge in [-0.05, 0) is 70.8 Å². The van der Waals surface area contributed by atoms with Crippen molar-refractivity contribution in [2.24, 2.45) is 0 Å². The average Bonchev–Trinajstić information content (AvgIpc) is 3.14. The number of fused-ring (bicyclic) bond motifs is 4. The van der Waals surface area contributed by atoms with Gasteiger partial charge in [-0.3, -0.25) is 0 Å². The molecular weight excluding hydrogens is 589 g/mol. The predicted octanol–water partition coefficient (Wildman–Crippen LogP) is 9.59. The molecule has 6 heteroatoms. The number of hydrogen-bond acceptors (Lipinski definition) is 6. The predicted molar refractivity (Wildman–Crippen MR) is 186 cm³/mol. The molecule has 6 nitrogen and oxygen atoms in total. The van der Waals surface area contributed by atoms with Crippen molar-refractivity contribution in [1.29, 1.82) is 21.0 Å². The lowest BCUT2D eigenvalue weighted by atomic mass is 9.87. The number of anilines is 6. The maximum Gasteiger partial charge on any atom is 0.0999 e. The Morgan fingerprint density at radius 1 is 0.375 bits per heavy atom. The summed E-state index contributed by atoms with van der Waals surface area (Å²) in [5.74, 6) is 0. The van der Waals surface area contributed by atoms with Gasteiger partial charge in [-0.2, -0.15) is 21.0 Å². The molecule has 0 unspecified atom stereocenters. The fraction of sp³-hybridized carbons (Fsp3) is 0.0476. The van der Waals surface area contributed by atoms with E-state index in [0.717, 1.165) is 57.8 Å². The molecule has 0 bridgehead atoms. The van der Waals surface area contributed by atoms with Crippen molar-refractivity contribution in [1.82, 2.24) is 0 Å². The fourth-order valence-corrected chi connectivity index (χ4v) is 7.14.